The van der Waals surface area contributed by atoms with Gasteiger partial charge in [-0.1, -0.05) is 6.07 Å². The molecule has 1 aromatic heterocycles. The molecular weight excluding hydrogens is 307 g/mol. The molecule has 7 heteroatoms. The summed E-state index contributed by atoms with van der Waals surface area (Å²) in [7, 11) is 2.05. The number of aromatic nitrogens is 1. The van der Waals surface area contributed by atoms with Gasteiger partial charge in [-0.05, 0) is 51.4 Å². The highest BCUT2D eigenvalue weighted by Crippen LogP contribution is 2.32. The molecule has 1 atom stereocenters. The zero-order valence-corrected chi connectivity index (χ0v) is 13.1. The van der Waals surface area contributed by atoms with Crippen LogP contribution >= 0.6 is 0 Å². The van der Waals surface area contributed by atoms with E-state index in [4.69, 9.17) is 0 Å². The third-order valence-electron chi connectivity index (χ3n) is 4.27. The Hall–Kier alpha value is -1.63. The van der Waals surface area contributed by atoms with E-state index in [1.54, 1.807) is 0 Å². The van der Waals surface area contributed by atoms with Gasteiger partial charge in [0, 0.05) is 24.4 Å². The standard InChI is InChI=1S/C16H22F3N3O/c1-22-9-6-12(7-10-22)4-5-14(23)21-15(16(17,18)19)13-3-2-8-20-11-13/h2-3,8,11-12,15H,4-7,9-10H2,1H3,(H,21,23)/t15-/m1/s1. The number of nitrogens with zero attached hydrogens (tertiary/aromatic N) is 2. The van der Waals surface area contributed by atoms with E-state index >= 15 is 0 Å². The van der Waals surface area contributed by atoms with E-state index in [2.05, 4.69) is 15.2 Å². The molecule has 0 aliphatic carbocycles. The summed E-state index contributed by atoms with van der Waals surface area (Å²) in [6.45, 7) is 1.96. The second kappa shape index (κ2) is 7.77. The predicted octanol–water partition coefficient (Wildman–Crippen LogP) is 2.92. The Morgan fingerprint density at radius 2 is 2.13 bits per heavy atom. The highest BCUT2D eigenvalue weighted by Gasteiger charge is 2.42. The third kappa shape index (κ3) is 5.49. The number of rotatable bonds is 5. The second-order valence-electron chi connectivity index (χ2n) is 6.11. The lowest BCUT2D eigenvalue weighted by atomic mass is 9.92. The summed E-state index contributed by atoms with van der Waals surface area (Å²) < 4.78 is 39.5. The molecule has 2 heterocycles. The molecule has 1 aliphatic heterocycles. The van der Waals surface area contributed by atoms with E-state index in [0.29, 0.717) is 12.3 Å². The first-order valence-corrected chi connectivity index (χ1v) is 7.81. The van der Waals surface area contributed by atoms with Crippen molar-refractivity contribution in [3.05, 3.63) is 30.1 Å². The van der Waals surface area contributed by atoms with Gasteiger partial charge in [-0.3, -0.25) is 9.78 Å². The quantitative estimate of drug-likeness (QED) is 0.903. The minimum Gasteiger partial charge on any atom is -0.341 e. The van der Waals surface area contributed by atoms with Crippen LogP contribution in [0.15, 0.2) is 24.5 Å². The van der Waals surface area contributed by atoms with Gasteiger partial charge in [-0.25, -0.2) is 0 Å². The number of hydrogen-bond donors (Lipinski definition) is 1. The van der Waals surface area contributed by atoms with E-state index in [0.717, 1.165) is 32.1 Å². The molecule has 0 spiro atoms. The van der Waals surface area contributed by atoms with Crippen molar-refractivity contribution in [2.75, 3.05) is 20.1 Å². The van der Waals surface area contributed by atoms with Gasteiger partial charge in [0.15, 0.2) is 6.04 Å². The molecule has 0 bridgehead atoms. The van der Waals surface area contributed by atoms with Crippen LogP contribution in [-0.4, -0.2) is 42.1 Å². The molecule has 128 valence electrons. The predicted molar refractivity (Wildman–Crippen MR) is 80.6 cm³/mol. The summed E-state index contributed by atoms with van der Waals surface area (Å²) in [6, 6.07) is 0.752. The minimum absolute atomic E-state index is 0.0485. The van der Waals surface area contributed by atoms with E-state index in [1.165, 1.54) is 18.3 Å². The average molecular weight is 329 g/mol. The monoisotopic (exact) mass is 329 g/mol. The first kappa shape index (κ1) is 17.7. The molecule has 0 saturated carbocycles. The number of carbonyl (C=O) groups is 1. The Labute approximate surface area is 134 Å². The molecule has 1 aromatic rings. The smallest absolute Gasteiger partial charge is 0.341 e. The maximum Gasteiger partial charge on any atom is 0.412 e. The molecule has 1 N–H and O–H groups in total. The van der Waals surface area contributed by atoms with Crippen molar-refractivity contribution in [3.63, 3.8) is 0 Å². The number of carbonyl (C=O) groups excluding carboxylic acids is 1. The topological polar surface area (TPSA) is 45.2 Å². The number of alkyl halides is 3. The Balaban J connectivity index is 1.88. The van der Waals surface area contributed by atoms with E-state index in [9.17, 15) is 18.0 Å². The lowest BCUT2D eigenvalue weighted by molar-refractivity contribution is -0.163. The number of halogens is 3. The van der Waals surface area contributed by atoms with E-state index in [-0.39, 0.29) is 12.0 Å². The van der Waals surface area contributed by atoms with Crippen LogP contribution in [0.3, 0.4) is 0 Å². The lowest BCUT2D eigenvalue weighted by Gasteiger charge is -2.29. The SMILES string of the molecule is CN1CCC(CCC(=O)N[C@H](c2cccnc2)C(F)(F)F)CC1. The van der Waals surface area contributed by atoms with Gasteiger partial charge in [0.1, 0.15) is 0 Å². The number of likely N-dealkylation sites (tertiary alicyclic amines) is 1. The van der Waals surface area contributed by atoms with Crippen molar-refractivity contribution in [3.8, 4) is 0 Å². The third-order valence-corrected chi connectivity index (χ3v) is 4.27. The lowest BCUT2D eigenvalue weighted by Crippen LogP contribution is -2.38. The zero-order chi connectivity index (χ0) is 16.9. The minimum atomic E-state index is -4.54. The van der Waals surface area contributed by atoms with Gasteiger partial charge >= 0.3 is 6.18 Å². The largest absolute Gasteiger partial charge is 0.412 e. The van der Waals surface area contributed by atoms with Crippen LogP contribution < -0.4 is 5.32 Å². The molecule has 1 aliphatic rings. The van der Waals surface area contributed by atoms with Crippen LogP contribution in [0.1, 0.15) is 37.3 Å². The average Bonchev–Trinajstić information content (AvgIpc) is 2.52. The molecule has 1 saturated heterocycles. The van der Waals surface area contributed by atoms with Gasteiger partial charge in [-0.15, -0.1) is 0 Å². The number of piperidine rings is 1. The van der Waals surface area contributed by atoms with Gasteiger partial charge in [-0.2, -0.15) is 13.2 Å². The molecular formula is C16H22F3N3O. The van der Waals surface area contributed by atoms with Gasteiger partial charge in [0.2, 0.25) is 5.91 Å². The molecule has 0 unspecified atom stereocenters. The molecule has 23 heavy (non-hydrogen) atoms. The molecule has 1 fully saturated rings. The number of pyridine rings is 1. The molecule has 0 radical (unpaired) electrons. The van der Waals surface area contributed by atoms with Crippen LogP contribution in [0.2, 0.25) is 0 Å². The van der Waals surface area contributed by atoms with E-state index in [1.807, 2.05) is 7.05 Å². The fraction of sp³-hybridized carbons (Fsp3) is 0.625. The Morgan fingerprint density at radius 1 is 1.43 bits per heavy atom. The van der Waals surface area contributed by atoms with Crippen molar-refractivity contribution in [1.82, 2.24) is 15.2 Å². The fourth-order valence-corrected chi connectivity index (χ4v) is 2.82. The highest BCUT2D eigenvalue weighted by atomic mass is 19.4. The first-order valence-electron chi connectivity index (χ1n) is 7.81. The Kier molecular flexibility index (Phi) is 5.98. The summed E-state index contributed by atoms with van der Waals surface area (Å²) in [5.74, 6) is -0.144. The summed E-state index contributed by atoms with van der Waals surface area (Å²) in [5.41, 5.74) is -0.0485. The number of amides is 1. The second-order valence-corrected chi connectivity index (χ2v) is 6.11. The normalized spacial score (nSPS) is 18.6. The Bertz CT molecular complexity index is 499. The first-order chi connectivity index (χ1) is 10.9. The maximum atomic E-state index is 13.2. The molecule has 1 amide bonds. The summed E-state index contributed by atoms with van der Waals surface area (Å²) in [5, 5.41) is 2.11. The van der Waals surface area contributed by atoms with Crippen molar-refractivity contribution in [2.24, 2.45) is 5.92 Å². The molecule has 0 aromatic carbocycles. The van der Waals surface area contributed by atoms with Crippen molar-refractivity contribution in [2.45, 2.75) is 37.9 Å². The summed E-state index contributed by atoms with van der Waals surface area (Å²) in [4.78, 5) is 17.9. The number of hydrogen-bond acceptors (Lipinski definition) is 3. The fourth-order valence-electron chi connectivity index (χ4n) is 2.82. The molecule has 4 nitrogen and oxygen atoms in total. The summed E-state index contributed by atoms with van der Waals surface area (Å²) >= 11 is 0. The summed E-state index contributed by atoms with van der Waals surface area (Å²) in [6.07, 6.45) is 0.753. The van der Waals surface area contributed by atoms with Gasteiger partial charge in [0.05, 0.1) is 0 Å². The van der Waals surface area contributed by atoms with Crippen LogP contribution in [0.5, 0.6) is 0 Å². The van der Waals surface area contributed by atoms with Crippen molar-refractivity contribution < 1.29 is 18.0 Å². The van der Waals surface area contributed by atoms with Crippen molar-refractivity contribution in [1.29, 1.82) is 0 Å². The van der Waals surface area contributed by atoms with Gasteiger partial charge < -0.3 is 10.2 Å². The van der Waals surface area contributed by atoms with Crippen LogP contribution in [-0.2, 0) is 4.79 Å². The van der Waals surface area contributed by atoms with Crippen LogP contribution in [0.4, 0.5) is 13.2 Å². The van der Waals surface area contributed by atoms with Crippen LogP contribution in [0, 0.1) is 5.92 Å². The Morgan fingerprint density at radius 3 is 2.70 bits per heavy atom. The van der Waals surface area contributed by atoms with Crippen molar-refractivity contribution >= 4 is 5.91 Å². The molecule has 2 rings (SSSR count). The van der Waals surface area contributed by atoms with Gasteiger partial charge in [0.25, 0.3) is 0 Å². The van der Waals surface area contributed by atoms with E-state index < -0.39 is 18.1 Å². The maximum absolute atomic E-state index is 13.2. The number of nitrogens with one attached hydrogen (secondary N) is 1. The zero-order valence-electron chi connectivity index (χ0n) is 13.1. The highest BCUT2D eigenvalue weighted by molar-refractivity contribution is 5.76. The van der Waals surface area contributed by atoms with Crippen LogP contribution in [0.25, 0.3) is 0 Å².